The molecule has 0 amide bonds. The van der Waals surface area contributed by atoms with Gasteiger partial charge in [-0.3, -0.25) is 0 Å². The van der Waals surface area contributed by atoms with Crippen molar-refractivity contribution in [3.05, 3.63) is 24.3 Å². The molecule has 0 unspecified atom stereocenters. The molecule has 6 heteroatoms. The van der Waals surface area contributed by atoms with Gasteiger partial charge < -0.3 is 10.2 Å². The maximum atomic E-state index is 12.0. The number of hydrogen-bond donors (Lipinski definition) is 2. The Labute approximate surface area is 95.0 Å². The molecular weight excluding hydrogens is 230 g/mol. The van der Waals surface area contributed by atoms with Gasteiger partial charge in [0, 0.05) is 13.1 Å². The maximum Gasteiger partial charge on any atom is 0.243 e. The van der Waals surface area contributed by atoms with Crippen LogP contribution >= 0.6 is 0 Å². The molecule has 0 atom stereocenters. The van der Waals surface area contributed by atoms with Crippen LogP contribution in [0.1, 0.15) is 6.92 Å². The number of nitrogens with zero attached hydrogens (tertiary/aromatic N) is 1. The zero-order chi connectivity index (χ0) is 12.2. The summed E-state index contributed by atoms with van der Waals surface area (Å²) >= 11 is 0. The maximum absolute atomic E-state index is 12.0. The number of aromatic hydroxyl groups is 1. The molecule has 0 saturated heterocycles. The van der Waals surface area contributed by atoms with Crippen molar-refractivity contribution in [2.75, 3.05) is 19.7 Å². The molecule has 2 N–H and O–H groups in total. The predicted octanol–water partition coefficient (Wildman–Crippen LogP) is 0.395. The number of aliphatic hydroxyl groups excluding tert-OH is 1. The van der Waals surface area contributed by atoms with Crippen LogP contribution in [0, 0.1) is 0 Å². The molecule has 0 aliphatic carbocycles. The van der Waals surface area contributed by atoms with E-state index in [1.54, 1.807) is 6.92 Å². The van der Waals surface area contributed by atoms with E-state index in [1.807, 2.05) is 0 Å². The zero-order valence-electron chi connectivity index (χ0n) is 9.00. The van der Waals surface area contributed by atoms with Gasteiger partial charge in [-0.25, -0.2) is 8.42 Å². The van der Waals surface area contributed by atoms with E-state index in [2.05, 4.69) is 0 Å². The van der Waals surface area contributed by atoms with E-state index >= 15 is 0 Å². The second-order valence-electron chi connectivity index (χ2n) is 3.21. The van der Waals surface area contributed by atoms with Crippen LogP contribution in [0.3, 0.4) is 0 Å². The molecule has 0 aliphatic rings. The lowest BCUT2D eigenvalue weighted by atomic mass is 10.3. The minimum atomic E-state index is -3.57. The van der Waals surface area contributed by atoms with Crippen LogP contribution in [0.2, 0.25) is 0 Å². The second-order valence-corrected chi connectivity index (χ2v) is 5.15. The number of benzene rings is 1. The third-order valence-electron chi connectivity index (χ3n) is 2.18. The molecule has 1 aromatic carbocycles. The van der Waals surface area contributed by atoms with Crippen LogP contribution in [0.4, 0.5) is 0 Å². The summed E-state index contributed by atoms with van der Waals surface area (Å²) in [7, 11) is -3.57. The first-order chi connectivity index (χ1) is 7.52. The molecule has 1 aromatic rings. The molecule has 0 aliphatic heterocycles. The quantitative estimate of drug-likeness (QED) is 0.787. The summed E-state index contributed by atoms with van der Waals surface area (Å²) in [5.41, 5.74) is 0. The summed E-state index contributed by atoms with van der Waals surface area (Å²) in [5, 5.41) is 17.8. The van der Waals surface area contributed by atoms with Gasteiger partial charge in [-0.05, 0) is 24.3 Å². The first-order valence-electron chi connectivity index (χ1n) is 4.92. The highest BCUT2D eigenvalue weighted by Crippen LogP contribution is 2.18. The molecule has 0 spiro atoms. The standard InChI is InChI=1S/C10H15NO4S/c1-2-11(7-8-12)16(14,15)10-5-3-9(13)4-6-10/h3-6,12-13H,2,7-8H2,1H3. The number of hydrogen-bond acceptors (Lipinski definition) is 4. The smallest absolute Gasteiger partial charge is 0.243 e. The lowest BCUT2D eigenvalue weighted by Gasteiger charge is -2.19. The van der Waals surface area contributed by atoms with Crippen molar-refractivity contribution in [2.45, 2.75) is 11.8 Å². The Hall–Kier alpha value is -1.11. The van der Waals surface area contributed by atoms with Crippen LogP contribution < -0.4 is 0 Å². The molecule has 90 valence electrons. The van der Waals surface area contributed by atoms with Gasteiger partial charge in [0.25, 0.3) is 0 Å². The van der Waals surface area contributed by atoms with Gasteiger partial charge in [-0.1, -0.05) is 6.92 Å². The van der Waals surface area contributed by atoms with Gasteiger partial charge >= 0.3 is 0 Å². The molecule has 0 aromatic heterocycles. The Morgan fingerprint density at radius 1 is 1.25 bits per heavy atom. The predicted molar refractivity (Wildman–Crippen MR) is 59.6 cm³/mol. The summed E-state index contributed by atoms with van der Waals surface area (Å²) < 4.78 is 25.2. The van der Waals surface area contributed by atoms with Crippen molar-refractivity contribution < 1.29 is 18.6 Å². The molecule has 5 nitrogen and oxygen atoms in total. The van der Waals surface area contributed by atoms with Crippen molar-refractivity contribution in [3.8, 4) is 5.75 Å². The average molecular weight is 245 g/mol. The van der Waals surface area contributed by atoms with Crippen molar-refractivity contribution >= 4 is 10.0 Å². The molecular formula is C10H15NO4S. The number of phenolic OH excluding ortho intramolecular Hbond substituents is 1. The fourth-order valence-electron chi connectivity index (χ4n) is 1.33. The Morgan fingerprint density at radius 3 is 2.25 bits per heavy atom. The number of phenols is 1. The van der Waals surface area contributed by atoms with Crippen molar-refractivity contribution in [3.63, 3.8) is 0 Å². The third kappa shape index (κ3) is 2.72. The highest BCUT2D eigenvalue weighted by atomic mass is 32.2. The van der Waals surface area contributed by atoms with E-state index in [0.29, 0.717) is 6.54 Å². The third-order valence-corrected chi connectivity index (χ3v) is 4.17. The van der Waals surface area contributed by atoms with E-state index in [4.69, 9.17) is 10.2 Å². The number of sulfonamides is 1. The van der Waals surface area contributed by atoms with E-state index < -0.39 is 10.0 Å². The first kappa shape index (κ1) is 13.0. The Balaban J connectivity index is 3.04. The molecule has 0 radical (unpaired) electrons. The van der Waals surface area contributed by atoms with Gasteiger partial charge in [0.2, 0.25) is 10.0 Å². The van der Waals surface area contributed by atoms with Crippen LogP contribution in [-0.2, 0) is 10.0 Å². The van der Waals surface area contributed by atoms with Crippen LogP contribution in [-0.4, -0.2) is 42.6 Å². The number of rotatable bonds is 5. The topological polar surface area (TPSA) is 77.8 Å². The van der Waals surface area contributed by atoms with Gasteiger partial charge in [0.1, 0.15) is 5.75 Å². The number of likely N-dealkylation sites (N-methyl/N-ethyl adjacent to an activating group) is 1. The Morgan fingerprint density at radius 2 is 1.81 bits per heavy atom. The average Bonchev–Trinajstić information content (AvgIpc) is 2.26. The SMILES string of the molecule is CCN(CCO)S(=O)(=O)c1ccc(O)cc1. The first-order valence-corrected chi connectivity index (χ1v) is 6.36. The van der Waals surface area contributed by atoms with E-state index in [-0.39, 0.29) is 23.8 Å². The fraction of sp³-hybridized carbons (Fsp3) is 0.400. The van der Waals surface area contributed by atoms with Crippen LogP contribution in [0.15, 0.2) is 29.2 Å². The van der Waals surface area contributed by atoms with E-state index in [9.17, 15) is 8.42 Å². The lowest BCUT2D eigenvalue weighted by molar-refractivity contribution is 0.257. The summed E-state index contributed by atoms with van der Waals surface area (Å²) in [5.74, 6) is 0.0177. The monoisotopic (exact) mass is 245 g/mol. The molecule has 0 heterocycles. The van der Waals surface area contributed by atoms with E-state index in [0.717, 1.165) is 0 Å². The highest BCUT2D eigenvalue weighted by molar-refractivity contribution is 7.89. The van der Waals surface area contributed by atoms with Crippen LogP contribution in [0.5, 0.6) is 5.75 Å². The zero-order valence-corrected chi connectivity index (χ0v) is 9.81. The van der Waals surface area contributed by atoms with Crippen LogP contribution in [0.25, 0.3) is 0 Å². The minimum absolute atomic E-state index is 0.0177. The summed E-state index contributed by atoms with van der Waals surface area (Å²) in [6.45, 7) is 1.85. The van der Waals surface area contributed by atoms with E-state index in [1.165, 1.54) is 28.6 Å². The van der Waals surface area contributed by atoms with Crippen molar-refractivity contribution in [1.82, 2.24) is 4.31 Å². The van der Waals surface area contributed by atoms with Gasteiger partial charge in [-0.2, -0.15) is 4.31 Å². The van der Waals surface area contributed by atoms with Gasteiger partial charge in [-0.15, -0.1) is 0 Å². The molecule has 16 heavy (non-hydrogen) atoms. The highest BCUT2D eigenvalue weighted by Gasteiger charge is 2.22. The van der Waals surface area contributed by atoms with Crippen molar-refractivity contribution in [1.29, 1.82) is 0 Å². The molecule has 0 bridgehead atoms. The molecule has 1 rings (SSSR count). The van der Waals surface area contributed by atoms with Crippen molar-refractivity contribution in [2.24, 2.45) is 0 Å². The Bertz CT molecular complexity index is 427. The fourth-order valence-corrected chi connectivity index (χ4v) is 2.77. The second kappa shape index (κ2) is 5.29. The summed E-state index contributed by atoms with van der Waals surface area (Å²) in [6.07, 6.45) is 0. The van der Waals surface area contributed by atoms with Gasteiger partial charge in [0.15, 0.2) is 0 Å². The number of aliphatic hydroxyl groups is 1. The molecule has 0 fully saturated rings. The summed E-state index contributed by atoms with van der Waals surface area (Å²) in [4.78, 5) is 0.112. The van der Waals surface area contributed by atoms with Gasteiger partial charge in [0.05, 0.1) is 11.5 Å². The Kier molecular flexibility index (Phi) is 4.28. The largest absolute Gasteiger partial charge is 0.508 e. The molecule has 0 saturated carbocycles. The lowest BCUT2D eigenvalue weighted by Crippen LogP contribution is -2.33. The minimum Gasteiger partial charge on any atom is -0.508 e. The normalized spacial score (nSPS) is 11.9. The summed E-state index contributed by atoms with van der Waals surface area (Å²) in [6, 6.07) is 5.31.